The minimum atomic E-state index is -4.78. The quantitative estimate of drug-likeness (QED) is 0.0166. The Morgan fingerprint density at radius 1 is 0.730 bits per heavy atom. The summed E-state index contributed by atoms with van der Waals surface area (Å²) in [5, 5.41) is 29.7. The molecule has 0 aliphatic heterocycles. The number of carboxylic acids is 1. The molecule has 0 spiro atoms. The molecule has 7 atom stereocenters. The van der Waals surface area contributed by atoms with Gasteiger partial charge in [-0.25, -0.2) is 4.57 Å². The highest BCUT2D eigenvalue weighted by molar-refractivity contribution is 7.47. The molecule has 1 aliphatic carbocycles. The topological polar surface area (TPSA) is 229 Å². The number of rotatable bonds is 42. The fourth-order valence-corrected chi connectivity index (χ4v) is 8.44. The number of aliphatic carboxylic acids is 1. The Hall–Kier alpha value is -2.45. The second kappa shape index (κ2) is 37.7. The number of aliphatic hydroxyl groups excluding tert-OH is 2. The van der Waals surface area contributed by atoms with Gasteiger partial charge in [0.2, 0.25) is 0 Å². The van der Waals surface area contributed by atoms with Crippen molar-refractivity contribution in [2.45, 2.75) is 224 Å². The minimum absolute atomic E-state index is 0.0254. The number of carbonyl (C=O) groups excluding carboxylic acids is 3. The molecule has 0 bridgehead atoms. The Labute approximate surface area is 379 Å². The SMILES string of the molecule is CCCCCCCC/C=C\CCCCCCCCCCCC(=O)O[C@H](COC(=O)CCCCCC[C@H]1C(=O)C[C@@H](O)[C@@H]1/C=C/[C@@H](O)CCCCC)COP(=O)(O)OC[C@H](N)C(=O)O. The Morgan fingerprint density at radius 3 is 1.83 bits per heavy atom. The lowest BCUT2D eigenvalue weighted by Gasteiger charge is -2.20. The van der Waals surface area contributed by atoms with Gasteiger partial charge in [-0.15, -0.1) is 0 Å². The Bertz CT molecular complexity index is 1330. The van der Waals surface area contributed by atoms with E-state index in [1.807, 2.05) is 0 Å². The molecular weight excluding hydrogens is 829 g/mol. The van der Waals surface area contributed by atoms with Gasteiger partial charge >= 0.3 is 25.7 Å². The van der Waals surface area contributed by atoms with Crippen LogP contribution in [0.25, 0.3) is 0 Å². The van der Waals surface area contributed by atoms with Gasteiger partial charge in [0.25, 0.3) is 0 Å². The number of hydrogen-bond donors (Lipinski definition) is 5. The summed E-state index contributed by atoms with van der Waals surface area (Å²) >= 11 is 0. The van der Waals surface area contributed by atoms with Crippen LogP contribution in [0.2, 0.25) is 0 Å². The number of aliphatic hydroxyl groups is 2. The molecule has 366 valence electrons. The zero-order valence-electron chi connectivity index (χ0n) is 38.9. The molecule has 0 aromatic rings. The summed E-state index contributed by atoms with van der Waals surface area (Å²) in [7, 11) is -4.78. The number of carboxylic acid groups (broad SMARTS) is 1. The number of carbonyl (C=O) groups is 4. The molecular formula is C48H86NO13P. The maximum absolute atomic E-state index is 12.7. The first-order valence-electron chi connectivity index (χ1n) is 24.5. The number of unbranched alkanes of at least 4 members (excludes halogenated alkanes) is 20. The second-order valence-corrected chi connectivity index (χ2v) is 18.8. The average Bonchev–Trinajstić information content (AvgIpc) is 3.52. The van der Waals surface area contributed by atoms with Crippen molar-refractivity contribution in [2.75, 3.05) is 19.8 Å². The Morgan fingerprint density at radius 2 is 1.24 bits per heavy atom. The van der Waals surface area contributed by atoms with Gasteiger partial charge in [0.05, 0.1) is 25.4 Å². The lowest BCUT2D eigenvalue weighted by Crippen LogP contribution is -2.34. The van der Waals surface area contributed by atoms with E-state index in [0.29, 0.717) is 32.1 Å². The van der Waals surface area contributed by atoms with Gasteiger partial charge in [0.1, 0.15) is 18.4 Å². The molecule has 0 aromatic heterocycles. The first-order valence-corrected chi connectivity index (χ1v) is 26.0. The number of phosphoric ester groups is 1. The molecule has 1 unspecified atom stereocenters. The maximum Gasteiger partial charge on any atom is 0.472 e. The number of nitrogens with two attached hydrogens (primary N) is 1. The number of allylic oxidation sites excluding steroid dienone is 2. The molecule has 14 nitrogen and oxygen atoms in total. The molecule has 6 N–H and O–H groups in total. The number of esters is 2. The van der Waals surface area contributed by atoms with Crippen LogP contribution in [0, 0.1) is 11.8 Å². The fourth-order valence-electron chi connectivity index (χ4n) is 7.66. The summed E-state index contributed by atoms with van der Waals surface area (Å²) in [5.41, 5.74) is 5.34. The van der Waals surface area contributed by atoms with E-state index in [4.69, 9.17) is 24.8 Å². The first kappa shape index (κ1) is 58.6. The van der Waals surface area contributed by atoms with E-state index < -0.39 is 69.9 Å². The van der Waals surface area contributed by atoms with Gasteiger partial charge in [0.15, 0.2) is 6.10 Å². The zero-order chi connectivity index (χ0) is 46.6. The number of ketones is 1. The highest BCUT2D eigenvalue weighted by atomic mass is 31.2. The molecule has 15 heteroatoms. The number of ether oxygens (including phenoxy) is 2. The van der Waals surface area contributed by atoms with Crippen LogP contribution in [0.4, 0.5) is 0 Å². The number of hydrogen-bond acceptors (Lipinski definition) is 12. The normalized spacial score (nSPS) is 19.1. The highest BCUT2D eigenvalue weighted by Gasteiger charge is 2.39. The Kier molecular flexibility index (Phi) is 35.1. The van der Waals surface area contributed by atoms with Crippen molar-refractivity contribution in [3.05, 3.63) is 24.3 Å². The predicted octanol–water partition coefficient (Wildman–Crippen LogP) is 9.99. The van der Waals surface area contributed by atoms with E-state index in [2.05, 4.69) is 30.5 Å². The van der Waals surface area contributed by atoms with E-state index in [0.717, 1.165) is 64.2 Å². The lowest BCUT2D eigenvalue weighted by molar-refractivity contribution is -0.161. The molecule has 0 amide bonds. The summed E-state index contributed by atoms with van der Waals surface area (Å²) in [6, 6.07) is -1.56. The molecule has 0 radical (unpaired) electrons. The van der Waals surface area contributed by atoms with Crippen LogP contribution in [0.15, 0.2) is 24.3 Å². The number of phosphoric acid groups is 1. The summed E-state index contributed by atoms with van der Waals surface area (Å²) in [4.78, 5) is 58.9. The molecule has 1 fully saturated rings. The van der Waals surface area contributed by atoms with Crippen molar-refractivity contribution >= 4 is 31.5 Å². The molecule has 63 heavy (non-hydrogen) atoms. The van der Waals surface area contributed by atoms with Gasteiger partial charge < -0.3 is 35.4 Å². The molecule has 1 saturated carbocycles. The third kappa shape index (κ3) is 32.0. The van der Waals surface area contributed by atoms with Crippen LogP contribution in [-0.2, 0) is 42.3 Å². The standard InChI is InChI=1S/C48H86NO13P/c1-3-5-7-8-9-10-11-12-13-14-15-16-17-18-19-20-21-22-28-32-47(54)62-40(37-60-63(57,58)61-38-43(49)48(55)56)36-59-46(53)31-27-24-23-26-30-41-42(45(52)35-44(41)51)34-33-39(50)29-25-6-4-2/h12-13,33-34,39-43,45,50,52H,3-11,14-32,35-38,49H2,1-2H3,(H,55,56)(H,57,58)/b13-12-,34-33+/t39-,40+,41+,42+,43-,45+/m0/s1. The monoisotopic (exact) mass is 916 g/mol. The van der Waals surface area contributed by atoms with Crippen LogP contribution >= 0.6 is 7.82 Å². The van der Waals surface area contributed by atoms with Gasteiger partial charge in [-0.1, -0.05) is 154 Å². The van der Waals surface area contributed by atoms with Crippen molar-refractivity contribution < 1.29 is 62.5 Å². The Balaban J connectivity index is 2.40. The second-order valence-electron chi connectivity index (χ2n) is 17.4. The minimum Gasteiger partial charge on any atom is -0.480 e. The fraction of sp³-hybridized carbons (Fsp3) is 0.833. The van der Waals surface area contributed by atoms with Crippen LogP contribution in [0.5, 0.6) is 0 Å². The smallest absolute Gasteiger partial charge is 0.472 e. The van der Waals surface area contributed by atoms with E-state index in [1.165, 1.54) is 70.6 Å². The van der Waals surface area contributed by atoms with Crippen LogP contribution in [-0.4, -0.2) is 88.1 Å². The van der Waals surface area contributed by atoms with Gasteiger partial charge in [-0.3, -0.25) is 28.2 Å². The summed E-state index contributed by atoms with van der Waals surface area (Å²) in [5.74, 6) is -3.16. The van der Waals surface area contributed by atoms with Crippen LogP contribution in [0.1, 0.15) is 200 Å². The largest absolute Gasteiger partial charge is 0.480 e. The third-order valence-corrected chi connectivity index (χ3v) is 12.5. The third-order valence-electron chi connectivity index (χ3n) is 11.6. The van der Waals surface area contributed by atoms with Crippen molar-refractivity contribution in [3.63, 3.8) is 0 Å². The van der Waals surface area contributed by atoms with E-state index in [1.54, 1.807) is 12.2 Å². The van der Waals surface area contributed by atoms with Crippen molar-refractivity contribution in [1.82, 2.24) is 0 Å². The lowest BCUT2D eigenvalue weighted by atomic mass is 9.88. The number of Topliss-reactive ketones (excluding diaryl/α,β-unsaturated/α-hetero) is 1. The summed E-state index contributed by atoms with van der Waals surface area (Å²) in [6.07, 6.45) is 32.8. The van der Waals surface area contributed by atoms with E-state index in [9.17, 15) is 38.8 Å². The van der Waals surface area contributed by atoms with E-state index >= 15 is 0 Å². The summed E-state index contributed by atoms with van der Waals surface area (Å²) in [6.45, 7) is 2.48. The first-order chi connectivity index (χ1) is 30.3. The molecule has 0 heterocycles. The van der Waals surface area contributed by atoms with Crippen molar-refractivity contribution in [3.8, 4) is 0 Å². The van der Waals surface area contributed by atoms with E-state index in [-0.39, 0.29) is 36.9 Å². The van der Waals surface area contributed by atoms with Gasteiger partial charge in [-0.05, 0) is 51.4 Å². The zero-order valence-corrected chi connectivity index (χ0v) is 39.8. The van der Waals surface area contributed by atoms with Gasteiger partial charge in [-0.2, -0.15) is 0 Å². The van der Waals surface area contributed by atoms with Crippen LogP contribution < -0.4 is 5.73 Å². The molecule has 0 aromatic carbocycles. The maximum atomic E-state index is 12.7. The summed E-state index contributed by atoms with van der Waals surface area (Å²) < 4.78 is 32.8. The molecule has 0 saturated heterocycles. The van der Waals surface area contributed by atoms with Crippen LogP contribution in [0.3, 0.4) is 0 Å². The predicted molar refractivity (Wildman–Crippen MR) is 246 cm³/mol. The molecule has 1 aliphatic rings. The molecule has 1 rings (SSSR count). The van der Waals surface area contributed by atoms with Crippen molar-refractivity contribution in [2.24, 2.45) is 17.6 Å². The van der Waals surface area contributed by atoms with Gasteiger partial charge in [0, 0.05) is 31.1 Å². The van der Waals surface area contributed by atoms with Crippen molar-refractivity contribution in [1.29, 1.82) is 0 Å². The average molecular weight is 916 g/mol. The highest BCUT2D eigenvalue weighted by Crippen LogP contribution is 2.43.